The van der Waals surface area contributed by atoms with Crippen molar-refractivity contribution < 1.29 is 22.3 Å². The number of nitrogen functional groups attached to an aromatic ring is 1. The molecule has 0 aromatic heterocycles. The van der Waals surface area contributed by atoms with E-state index in [2.05, 4.69) is 0 Å². The second-order valence-corrected chi connectivity index (χ2v) is 3.22. The number of para-hydroxylation sites is 1. The average Bonchev–Trinajstić information content (AvgIpc) is 2.17. The predicted molar refractivity (Wildman–Crippen MR) is 51.6 cm³/mol. The molecular weight excluding hydrogens is 226 g/mol. The summed E-state index contributed by atoms with van der Waals surface area (Å²) in [5.74, 6) is -0.574. The smallest absolute Gasteiger partial charge is 0.389 e. The minimum atomic E-state index is -4.20. The van der Waals surface area contributed by atoms with Gasteiger partial charge in [0.1, 0.15) is 17.3 Å². The number of anilines is 1. The lowest BCUT2D eigenvalue weighted by Gasteiger charge is -2.10. The average molecular weight is 237 g/mol. The van der Waals surface area contributed by atoms with Crippen LogP contribution < -0.4 is 10.5 Å². The van der Waals surface area contributed by atoms with Crippen LogP contribution in [0.5, 0.6) is 5.75 Å². The van der Waals surface area contributed by atoms with Gasteiger partial charge in [-0.25, -0.2) is 4.39 Å². The van der Waals surface area contributed by atoms with E-state index in [0.29, 0.717) is 0 Å². The van der Waals surface area contributed by atoms with E-state index in [9.17, 15) is 17.6 Å². The van der Waals surface area contributed by atoms with Crippen molar-refractivity contribution in [2.45, 2.75) is 19.0 Å². The van der Waals surface area contributed by atoms with Gasteiger partial charge >= 0.3 is 6.18 Å². The molecule has 0 aliphatic heterocycles. The molecule has 2 N–H and O–H groups in total. The van der Waals surface area contributed by atoms with Gasteiger partial charge in [0.25, 0.3) is 0 Å². The SMILES string of the molecule is Nc1c(F)cccc1OCCCC(F)(F)F. The minimum Gasteiger partial charge on any atom is -0.491 e. The zero-order valence-electron chi connectivity index (χ0n) is 8.35. The molecular formula is C10H11F4NO. The maximum absolute atomic E-state index is 12.9. The lowest BCUT2D eigenvalue weighted by Crippen LogP contribution is -2.10. The summed E-state index contributed by atoms with van der Waals surface area (Å²) in [7, 11) is 0. The summed E-state index contributed by atoms with van der Waals surface area (Å²) in [4.78, 5) is 0. The molecule has 6 heteroatoms. The van der Waals surface area contributed by atoms with Gasteiger partial charge in [0.2, 0.25) is 0 Å². The maximum atomic E-state index is 12.9. The van der Waals surface area contributed by atoms with Crippen molar-refractivity contribution in [1.29, 1.82) is 0 Å². The van der Waals surface area contributed by atoms with Crippen LogP contribution in [-0.4, -0.2) is 12.8 Å². The molecule has 90 valence electrons. The number of hydrogen-bond acceptors (Lipinski definition) is 2. The molecule has 2 nitrogen and oxygen atoms in total. The molecule has 0 aliphatic carbocycles. The molecule has 0 fully saturated rings. The third kappa shape index (κ3) is 3.96. The van der Waals surface area contributed by atoms with Gasteiger partial charge in [0.05, 0.1) is 6.61 Å². The molecule has 1 aromatic rings. The van der Waals surface area contributed by atoms with E-state index < -0.39 is 18.4 Å². The summed E-state index contributed by atoms with van der Waals surface area (Å²) in [6.07, 6.45) is -5.31. The molecule has 1 rings (SSSR count). The van der Waals surface area contributed by atoms with E-state index in [-0.39, 0.29) is 24.5 Å². The summed E-state index contributed by atoms with van der Waals surface area (Å²) in [5.41, 5.74) is 5.14. The van der Waals surface area contributed by atoms with E-state index in [1.165, 1.54) is 12.1 Å². The summed E-state index contributed by atoms with van der Waals surface area (Å²) < 4.78 is 53.2. The lowest BCUT2D eigenvalue weighted by molar-refractivity contribution is -0.136. The fourth-order valence-electron chi connectivity index (χ4n) is 1.10. The Kier molecular flexibility index (Phi) is 3.98. The van der Waals surface area contributed by atoms with Crippen LogP contribution >= 0.6 is 0 Å². The molecule has 16 heavy (non-hydrogen) atoms. The monoisotopic (exact) mass is 237 g/mol. The van der Waals surface area contributed by atoms with Crippen molar-refractivity contribution in [1.82, 2.24) is 0 Å². The third-order valence-electron chi connectivity index (χ3n) is 1.88. The van der Waals surface area contributed by atoms with Crippen LogP contribution in [0.3, 0.4) is 0 Å². The first-order valence-electron chi connectivity index (χ1n) is 4.63. The summed E-state index contributed by atoms with van der Waals surface area (Å²) in [6.45, 7) is -0.146. The molecule has 0 aliphatic rings. The van der Waals surface area contributed by atoms with E-state index in [4.69, 9.17) is 10.5 Å². The highest BCUT2D eigenvalue weighted by Crippen LogP contribution is 2.25. The molecule has 0 unspecified atom stereocenters. The third-order valence-corrected chi connectivity index (χ3v) is 1.88. The van der Waals surface area contributed by atoms with Crippen molar-refractivity contribution in [3.8, 4) is 5.75 Å². The highest BCUT2D eigenvalue weighted by atomic mass is 19.4. The fraction of sp³-hybridized carbons (Fsp3) is 0.400. The van der Waals surface area contributed by atoms with Gasteiger partial charge in [-0.1, -0.05) is 6.07 Å². The zero-order chi connectivity index (χ0) is 12.2. The van der Waals surface area contributed by atoms with Gasteiger partial charge < -0.3 is 10.5 Å². The normalized spacial score (nSPS) is 11.5. The largest absolute Gasteiger partial charge is 0.491 e. The van der Waals surface area contributed by atoms with Gasteiger partial charge in [0.15, 0.2) is 0 Å². The van der Waals surface area contributed by atoms with Crippen LogP contribution in [0, 0.1) is 5.82 Å². The summed E-state index contributed by atoms with van der Waals surface area (Å²) >= 11 is 0. The number of nitrogens with two attached hydrogens (primary N) is 1. The van der Waals surface area contributed by atoms with Crippen LogP contribution in [0.1, 0.15) is 12.8 Å². The van der Waals surface area contributed by atoms with Crippen LogP contribution in [-0.2, 0) is 0 Å². The quantitative estimate of drug-likeness (QED) is 0.496. The first kappa shape index (κ1) is 12.6. The second kappa shape index (κ2) is 5.05. The number of benzene rings is 1. The first-order chi connectivity index (χ1) is 7.40. The summed E-state index contributed by atoms with van der Waals surface area (Å²) in [5, 5.41) is 0. The number of hydrogen-bond donors (Lipinski definition) is 1. The molecule has 0 bridgehead atoms. The molecule has 0 spiro atoms. The zero-order valence-corrected chi connectivity index (χ0v) is 8.35. The molecule has 0 heterocycles. The number of rotatable bonds is 4. The van der Waals surface area contributed by atoms with E-state index >= 15 is 0 Å². The standard InChI is InChI=1S/C10H11F4NO/c11-7-3-1-4-8(9(7)15)16-6-2-5-10(12,13)14/h1,3-4H,2,5-6,15H2. The second-order valence-electron chi connectivity index (χ2n) is 3.22. The first-order valence-corrected chi connectivity index (χ1v) is 4.63. The summed E-state index contributed by atoms with van der Waals surface area (Å²) in [6, 6.07) is 3.94. The molecule has 0 saturated heterocycles. The Morgan fingerprint density at radius 1 is 1.25 bits per heavy atom. The van der Waals surface area contributed by atoms with E-state index in [1.54, 1.807) is 0 Å². The Morgan fingerprint density at radius 2 is 1.94 bits per heavy atom. The maximum Gasteiger partial charge on any atom is 0.389 e. The van der Waals surface area contributed by atoms with E-state index in [1.807, 2.05) is 0 Å². The van der Waals surface area contributed by atoms with Crippen molar-refractivity contribution in [2.75, 3.05) is 12.3 Å². The number of alkyl halides is 3. The fourth-order valence-corrected chi connectivity index (χ4v) is 1.10. The van der Waals surface area contributed by atoms with Crippen molar-refractivity contribution in [3.05, 3.63) is 24.0 Å². The molecule has 0 amide bonds. The topological polar surface area (TPSA) is 35.2 Å². The predicted octanol–water partition coefficient (Wildman–Crippen LogP) is 3.13. The van der Waals surface area contributed by atoms with Crippen molar-refractivity contribution in [3.63, 3.8) is 0 Å². The molecule has 0 saturated carbocycles. The highest BCUT2D eigenvalue weighted by molar-refractivity contribution is 5.53. The van der Waals surface area contributed by atoms with Crippen LogP contribution in [0.4, 0.5) is 23.2 Å². The lowest BCUT2D eigenvalue weighted by atomic mass is 10.3. The Balaban J connectivity index is 2.41. The van der Waals surface area contributed by atoms with E-state index in [0.717, 1.165) is 6.07 Å². The Morgan fingerprint density at radius 3 is 2.56 bits per heavy atom. The van der Waals surface area contributed by atoms with Gasteiger partial charge in [-0.3, -0.25) is 0 Å². The van der Waals surface area contributed by atoms with Crippen LogP contribution in [0.25, 0.3) is 0 Å². The van der Waals surface area contributed by atoms with Crippen LogP contribution in [0.2, 0.25) is 0 Å². The molecule has 1 aromatic carbocycles. The van der Waals surface area contributed by atoms with Crippen molar-refractivity contribution >= 4 is 5.69 Å². The highest BCUT2D eigenvalue weighted by Gasteiger charge is 2.26. The number of ether oxygens (including phenoxy) is 1. The Bertz CT molecular complexity index is 351. The van der Waals surface area contributed by atoms with Crippen molar-refractivity contribution in [2.24, 2.45) is 0 Å². The van der Waals surface area contributed by atoms with Crippen LogP contribution in [0.15, 0.2) is 18.2 Å². The van der Waals surface area contributed by atoms with Gasteiger partial charge in [-0.05, 0) is 18.6 Å². The van der Waals surface area contributed by atoms with Gasteiger partial charge in [0, 0.05) is 6.42 Å². The molecule has 0 radical (unpaired) electrons. The minimum absolute atomic E-state index is 0.0715. The van der Waals surface area contributed by atoms with Gasteiger partial charge in [-0.2, -0.15) is 13.2 Å². The number of halogens is 4. The Hall–Kier alpha value is -1.46. The van der Waals surface area contributed by atoms with Gasteiger partial charge in [-0.15, -0.1) is 0 Å². The Labute approximate surface area is 90.0 Å². The molecule has 0 atom stereocenters.